The largest absolute Gasteiger partial charge is 0.462 e. The number of esters is 1. The van der Waals surface area contributed by atoms with Crippen LogP contribution in [0.1, 0.15) is 17.3 Å². The standard InChI is InChI=1S/C14H11NO3/c1-2-18-14(17)12-10-7-3-5-9-6-4-8-11(13(12)16)15(9)10/h3-8H,2H2,1H3. The predicted octanol–water partition coefficient (Wildman–Crippen LogP) is 2.44. The van der Waals surface area contributed by atoms with Crippen molar-refractivity contribution in [1.29, 1.82) is 0 Å². The SMILES string of the molecule is CCOC(=O)c1c2cccc3cccc(c1=O)N32. The minimum atomic E-state index is -0.557. The van der Waals surface area contributed by atoms with Crippen molar-refractivity contribution in [3.05, 3.63) is 52.2 Å². The van der Waals surface area contributed by atoms with Crippen LogP contribution < -0.4 is 10.3 Å². The second-order valence-corrected chi connectivity index (χ2v) is 4.01. The molecule has 0 aromatic carbocycles. The van der Waals surface area contributed by atoms with Gasteiger partial charge in [0.1, 0.15) is 5.56 Å². The van der Waals surface area contributed by atoms with Crippen molar-refractivity contribution in [3.8, 4) is 0 Å². The fraction of sp³-hybridized carbons (Fsp3) is 0.143. The van der Waals surface area contributed by atoms with E-state index in [9.17, 15) is 9.59 Å². The van der Waals surface area contributed by atoms with E-state index in [0.29, 0.717) is 11.4 Å². The summed E-state index contributed by atoms with van der Waals surface area (Å²) in [7, 11) is 0. The molecule has 0 aromatic heterocycles. The van der Waals surface area contributed by atoms with Crippen LogP contribution in [0.15, 0.2) is 41.2 Å². The minimum absolute atomic E-state index is 0.119. The third kappa shape index (κ3) is 1.32. The molecule has 0 N–H and O–H groups in total. The van der Waals surface area contributed by atoms with E-state index < -0.39 is 5.97 Å². The molecule has 0 amide bonds. The maximum atomic E-state index is 12.2. The average Bonchev–Trinajstić information content (AvgIpc) is 2.66. The number of anilines is 3. The van der Waals surface area contributed by atoms with Gasteiger partial charge in [-0.15, -0.1) is 0 Å². The number of carbonyl (C=O) groups is 1. The first-order chi connectivity index (χ1) is 8.74. The number of rotatable bonds is 2. The molecule has 4 heteroatoms. The van der Waals surface area contributed by atoms with Crippen molar-refractivity contribution in [2.24, 2.45) is 0 Å². The first kappa shape index (κ1) is 10.8. The average molecular weight is 241 g/mol. The van der Waals surface area contributed by atoms with Crippen LogP contribution in [-0.4, -0.2) is 12.6 Å². The van der Waals surface area contributed by atoms with Gasteiger partial charge in [0, 0.05) is 5.69 Å². The Hall–Kier alpha value is -2.36. The summed E-state index contributed by atoms with van der Waals surface area (Å²) in [5.74, 6) is -0.557. The number of hydrogen-bond donors (Lipinski definition) is 0. The van der Waals surface area contributed by atoms with Gasteiger partial charge in [-0.05, 0) is 31.2 Å². The van der Waals surface area contributed by atoms with E-state index in [1.165, 1.54) is 0 Å². The molecular formula is C14H11NO3. The van der Waals surface area contributed by atoms with Crippen LogP contribution in [0.25, 0.3) is 0 Å². The third-order valence-electron chi connectivity index (χ3n) is 2.98. The van der Waals surface area contributed by atoms with Crippen molar-refractivity contribution in [2.45, 2.75) is 6.92 Å². The van der Waals surface area contributed by atoms with Gasteiger partial charge in [0.2, 0.25) is 5.43 Å². The zero-order valence-corrected chi connectivity index (χ0v) is 9.84. The minimum Gasteiger partial charge on any atom is -0.462 e. The summed E-state index contributed by atoms with van der Waals surface area (Å²) in [4.78, 5) is 25.9. The maximum Gasteiger partial charge on any atom is 0.344 e. The molecular weight excluding hydrogens is 230 g/mol. The molecule has 0 radical (unpaired) electrons. The van der Waals surface area contributed by atoms with E-state index in [0.717, 1.165) is 5.69 Å². The molecule has 4 nitrogen and oxygen atoms in total. The molecule has 18 heavy (non-hydrogen) atoms. The van der Waals surface area contributed by atoms with Crippen molar-refractivity contribution in [3.63, 3.8) is 0 Å². The second-order valence-electron chi connectivity index (χ2n) is 4.01. The third-order valence-corrected chi connectivity index (χ3v) is 2.98. The van der Waals surface area contributed by atoms with Gasteiger partial charge < -0.3 is 9.64 Å². The van der Waals surface area contributed by atoms with Gasteiger partial charge in [-0.3, -0.25) is 4.79 Å². The van der Waals surface area contributed by atoms with Crippen molar-refractivity contribution in [1.82, 2.24) is 0 Å². The first-order valence-corrected chi connectivity index (χ1v) is 5.77. The van der Waals surface area contributed by atoms with Crippen LogP contribution in [0, 0.1) is 0 Å². The zero-order valence-electron chi connectivity index (χ0n) is 9.84. The van der Waals surface area contributed by atoms with Gasteiger partial charge in [-0.2, -0.15) is 0 Å². The smallest absolute Gasteiger partial charge is 0.344 e. The molecule has 0 atom stereocenters. The molecule has 3 heterocycles. The lowest BCUT2D eigenvalue weighted by Crippen LogP contribution is -2.12. The molecule has 0 aliphatic carbocycles. The number of ether oxygens (including phenoxy) is 1. The highest BCUT2D eigenvalue weighted by atomic mass is 16.5. The topological polar surface area (TPSA) is 46.6 Å². The summed E-state index contributed by atoms with van der Waals surface area (Å²) in [6, 6.07) is 10.9. The molecule has 0 saturated carbocycles. The first-order valence-electron chi connectivity index (χ1n) is 5.77. The summed E-state index contributed by atoms with van der Waals surface area (Å²) in [5.41, 5.74) is 1.84. The quantitative estimate of drug-likeness (QED) is 0.646. The molecule has 0 unspecified atom stereocenters. The summed E-state index contributed by atoms with van der Waals surface area (Å²) in [6.07, 6.45) is 0. The normalized spacial score (nSPS) is 12.2. The van der Waals surface area contributed by atoms with Gasteiger partial charge in [0.05, 0.1) is 18.0 Å². The van der Waals surface area contributed by atoms with E-state index in [2.05, 4.69) is 0 Å². The van der Waals surface area contributed by atoms with Crippen LogP contribution in [0.3, 0.4) is 0 Å². The van der Waals surface area contributed by atoms with Gasteiger partial charge >= 0.3 is 5.97 Å². The molecule has 3 aliphatic heterocycles. The van der Waals surface area contributed by atoms with E-state index in [1.807, 2.05) is 18.2 Å². The van der Waals surface area contributed by atoms with Gasteiger partial charge in [-0.1, -0.05) is 12.1 Å². The number of carbonyl (C=O) groups excluding carboxylic acids is 1. The molecule has 0 spiro atoms. The highest BCUT2D eigenvalue weighted by Crippen LogP contribution is 2.39. The Morgan fingerprint density at radius 2 is 1.83 bits per heavy atom. The van der Waals surface area contributed by atoms with E-state index in [4.69, 9.17) is 4.74 Å². The fourth-order valence-corrected chi connectivity index (χ4v) is 2.25. The maximum absolute atomic E-state index is 12.2. The summed E-state index contributed by atoms with van der Waals surface area (Å²) < 4.78 is 4.95. The van der Waals surface area contributed by atoms with Crippen LogP contribution in [0.2, 0.25) is 0 Å². The van der Waals surface area contributed by atoms with Crippen LogP contribution >= 0.6 is 0 Å². The molecule has 0 bridgehead atoms. The van der Waals surface area contributed by atoms with Gasteiger partial charge in [0.25, 0.3) is 0 Å². The van der Waals surface area contributed by atoms with Crippen molar-refractivity contribution < 1.29 is 9.53 Å². The number of nitrogens with zero attached hydrogens (tertiary/aromatic N) is 1. The van der Waals surface area contributed by atoms with Gasteiger partial charge in [-0.25, -0.2) is 4.79 Å². The summed E-state index contributed by atoms with van der Waals surface area (Å²) in [6.45, 7) is 1.98. The molecule has 0 saturated heterocycles. The van der Waals surface area contributed by atoms with Gasteiger partial charge in [0.15, 0.2) is 0 Å². The van der Waals surface area contributed by atoms with Crippen molar-refractivity contribution >= 4 is 23.0 Å². The van der Waals surface area contributed by atoms with Crippen LogP contribution in [0.4, 0.5) is 17.1 Å². The van der Waals surface area contributed by atoms with E-state index in [-0.39, 0.29) is 17.6 Å². The highest BCUT2D eigenvalue weighted by molar-refractivity contribution is 6.02. The Morgan fingerprint density at radius 1 is 1.17 bits per heavy atom. The van der Waals surface area contributed by atoms with E-state index in [1.54, 1.807) is 30.0 Å². The molecule has 90 valence electrons. The summed E-state index contributed by atoms with van der Waals surface area (Å²) in [5, 5.41) is 0. The molecule has 3 aliphatic rings. The zero-order chi connectivity index (χ0) is 12.7. The van der Waals surface area contributed by atoms with Crippen LogP contribution in [-0.2, 0) is 4.74 Å². The number of hydrogen-bond acceptors (Lipinski definition) is 4. The lowest BCUT2D eigenvalue weighted by molar-refractivity contribution is 0.0527. The fourth-order valence-electron chi connectivity index (χ4n) is 2.25. The monoisotopic (exact) mass is 241 g/mol. The Labute approximate surface area is 104 Å². The molecule has 0 fully saturated rings. The highest BCUT2D eigenvalue weighted by Gasteiger charge is 2.31. The Balaban J connectivity index is 2.29. The molecule has 0 aromatic rings. The Morgan fingerprint density at radius 3 is 2.50 bits per heavy atom. The lowest BCUT2D eigenvalue weighted by Gasteiger charge is -2.23. The Bertz CT molecular complexity index is 666. The van der Waals surface area contributed by atoms with Crippen LogP contribution in [0.5, 0.6) is 0 Å². The molecule has 3 rings (SSSR count). The predicted molar refractivity (Wildman–Crippen MR) is 68.1 cm³/mol. The lowest BCUT2D eigenvalue weighted by atomic mass is 10.2. The van der Waals surface area contributed by atoms with E-state index >= 15 is 0 Å². The second kappa shape index (κ2) is 3.84. The summed E-state index contributed by atoms with van der Waals surface area (Å²) >= 11 is 0. The Kier molecular flexibility index (Phi) is 2.30. The van der Waals surface area contributed by atoms with Crippen molar-refractivity contribution in [2.75, 3.05) is 11.5 Å².